The third-order valence-corrected chi connectivity index (χ3v) is 3.78. The predicted octanol–water partition coefficient (Wildman–Crippen LogP) is 0.299. The molecule has 0 aliphatic carbocycles. The number of hydrogen-bond acceptors (Lipinski definition) is 8. The Bertz CT molecular complexity index is 305. The lowest BCUT2D eigenvalue weighted by Crippen LogP contribution is -2.36. The summed E-state index contributed by atoms with van der Waals surface area (Å²) in [5, 5.41) is 0. The van der Waals surface area contributed by atoms with Crippen molar-refractivity contribution in [3.8, 4) is 0 Å². The van der Waals surface area contributed by atoms with Crippen molar-refractivity contribution in [1.29, 1.82) is 0 Å². The molecule has 0 fully saturated rings. The molecule has 1 atom stereocenters. The predicted molar refractivity (Wildman–Crippen MR) is 61.8 cm³/mol. The normalized spacial score (nSPS) is 12.9. The van der Waals surface area contributed by atoms with Crippen LogP contribution in [0.2, 0.25) is 0 Å². The molecule has 0 heterocycles. The second-order valence-corrected chi connectivity index (χ2v) is 5.19. The van der Waals surface area contributed by atoms with Crippen molar-refractivity contribution in [1.82, 2.24) is 4.47 Å². The highest BCUT2D eigenvalue weighted by Crippen LogP contribution is 2.51. The fraction of sp³-hybridized carbons (Fsp3) is 0.714. The van der Waals surface area contributed by atoms with E-state index in [2.05, 4.69) is 17.7 Å². The second kappa shape index (κ2) is 7.67. The van der Waals surface area contributed by atoms with Crippen molar-refractivity contribution in [3.63, 3.8) is 0 Å². The van der Waals surface area contributed by atoms with Crippen molar-refractivity contribution < 1.29 is 28.0 Å². The van der Waals surface area contributed by atoms with Gasteiger partial charge in [-0.3, -0.25) is 9.36 Å². The van der Waals surface area contributed by atoms with Gasteiger partial charge in [0, 0.05) is 0 Å². The highest BCUT2D eigenvalue weighted by molar-refractivity contribution is 7.78. The molecule has 0 aromatic rings. The summed E-state index contributed by atoms with van der Waals surface area (Å²) in [4.78, 5) is 25.9. The Kier molecular flexibility index (Phi) is 7.40. The van der Waals surface area contributed by atoms with Crippen molar-refractivity contribution in [2.75, 3.05) is 13.2 Å². The van der Waals surface area contributed by atoms with Gasteiger partial charge in [-0.15, -0.1) is 4.47 Å². The molecule has 0 spiro atoms. The van der Waals surface area contributed by atoms with E-state index in [1.54, 1.807) is 13.8 Å². The van der Waals surface area contributed by atoms with E-state index in [0.717, 1.165) is 0 Å². The molecule has 1 unspecified atom stereocenters. The molecule has 0 saturated heterocycles. The van der Waals surface area contributed by atoms with Crippen LogP contribution in [0.5, 0.6) is 0 Å². The molecule has 0 aromatic carbocycles. The first-order chi connectivity index (χ1) is 7.91. The van der Waals surface area contributed by atoms with E-state index in [1.807, 2.05) is 0 Å². The van der Waals surface area contributed by atoms with Crippen LogP contribution in [-0.4, -0.2) is 35.8 Å². The monoisotopic (exact) mass is 286 g/mol. The summed E-state index contributed by atoms with van der Waals surface area (Å²) in [6.07, 6.45) is 0.125. The molecule has 0 aliphatic heterocycles. The van der Waals surface area contributed by atoms with E-state index < -0.39 is 19.3 Å². The van der Waals surface area contributed by atoms with Gasteiger partial charge >= 0.3 is 13.6 Å². The Morgan fingerprint density at radius 3 is 2.29 bits per heavy atom. The summed E-state index contributed by atoms with van der Waals surface area (Å²) in [6, 6.07) is 0. The zero-order valence-electron chi connectivity index (χ0n) is 9.44. The van der Waals surface area contributed by atoms with E-state index in [4.69, 9.17) is 14.8 Å². The number of carbonyl (C=O) groups excluding carboxylic acids is 2. The molecular formula is C7H15N2O6PS. The van der Waals surface area contributed by atoms with Crippen LogP contribution in [-0.2, 0) is 28.0 Å². The third kappa shape index (κ3) is 5.05. The Hall–Kier alpha value is -0.600. The highest BCUT2D eigenvalue weighted by Gasteiger charge is 2.40. The van der Waals surface area contributed by atoms with E-state index in [0.29, 0.717) is 4.47 Å². The quantitative estimate of drug-likeness (QED) is 0.286. The molecule has 0 radical (unpaired) electrons. The molecule has 8 nitrogen and oxygen atoms in total. The Morgan fingerprint density at radius 1 is 1.47 bits per heavy atom. The molecule has 1 amide bonds. The van der Waals surface area contributed by atoms with E-state index in [1.165, 1.54) is 0 Å². The van der Waals surface area contributed by atoms with Gasteiger partial charge in [0.15, 0.2) is 0 Å². The van der Waals surface area contributed by atoms with Crippen molar-refractivity contribution in [2.24, 2.45) is 5.73 Å². The number of nitrogens with zero attached hydrogens (tertiary/aromatic N) is 1. The minimum atomic E-state index is -3.81. The van der Waals surface area contributed by atoms with Gasteiger partial charge in [-0.25, -0.2) is 4.79 Å². The summed E-state index contributed by atoms with van der Waals surface area (Å²) >= 11 is 3.46. The zero-order valence-corrected chi connectivity index (χ0v) is 11.2. The summed E-state index contributed by atoms with van der Waals surface area (Å²) in [6.45, 7) is 3.24. The van der Waals surface area contributed by atoms with Crippen LogP contribution in [0.3, 0.4) is 0 Å². The molecule has 0 bridgehead atoms. The first-order valence-corrected chi connectivity index (χ1v) is 6.72. The van der Waals surface area contributed by atoms with Gasteiger partial charge in [-0.05, 0) is 26.7 Å². The van der Waals surface area contributed by atoms with Crippen LogP contribution in [0.15, 0.2) is 0 Å². The second-order valence-electron chi connectivity index (χ2n) is 2.64. The van der Waals surface area contributed by atoms with E-state index >= 15 is 0 Å². The number of hydrogen-bond donors (Lipinski definition) is 2. The lowest BCUT2D eigenvalue weighted by Gasteiger charge is -2.22. The lowest BCUT2D eigenvalue weighted by molar-refractivity contribution is -0.170. The standard InChI is InChI=1S/C7H15N2O6PS/c1-3-13-16(12,14-4-2)6(8)7(11)15-9(17)5-10/h5-6,17H,3-4,8H2,1-2H3. The smallest absolute Gasteiger partial charge is 0.325 e. The van der Waals surface area contributed by atoms with Crippen LogP contribution < -0.4 is 5.73 Å². The van der Waals surface area contributed by atoms with Crippen LogP contribution in [0.4, 0.5) is 0 Å². The molecule has 2 N–H and O–H groups in total. The van der Waals surface area contributed by atoms with Crippen LogP contribution >= 0.6 is 20.4 Å². The van der Waals surface area contributed by atoms with E-state index in [-0.39, 0.29) is 19.6 Å². The third-order valence-electron chi connectivity index (χ3n) is 1.47. The zero-order chi connectivity index (χ0) is 13.5. The molecule has 0 aromatic heterocycles. The van der Waals surface area contributed by atoms with Gasteiger partial charge in [-0.2, -0.15) is 0 Å². The SMILES string of the molecule is CCOP(=O)(OCC)C(N)C(=O)ON(S)C=O. The topological polar surface area (TPSA) is 108 Å². The Balaban J connectivity index is 4.71. The van der Waals surface area contributed by atoms with Crippen LogP contribution in [0, 0.1) is 0 Å². The van der Waals surface area contributed by atoms with Gasteiger partial charge < -0.3 is 19.6 Å². The Labute approximate surface area is 104 Å². The van der Waals surface area contributed by atoms with Gasteiger partial charge in [0.05, 0.1) is 13.2 Å². The number of hydroxylamine groups is 1. The minimum absolute atomic E-state index is 0.0521. The van der Waals surface area contributed by atoms with Crippen LogP contribution in [0.25, 0.3) is 0 Å². The van der Waals surface area contributed by atoms with Crippen LogP contribution in [0.1, 0.15) is 13.8 Å². The molecule has 0 rings (SSSR count). The first-order valence-electron chi connectivity index (χ1n) is 4.70. The number of amides is 1. The fourth-order valence-corrected chi connectivity index (χ4v) is 2.36. The minimum Gasteiger partial charge on any atom is -0.325 e. The van der Waals surface area contributed by atoms with Crippen molar-refractivity contribution in [3.05, 3.63) is 0 Å². The lowest BCUT2D eigenvalue weighted by atomic mass is 10.7. The summed E-state index contributed by atoms with van der Waals surface area (Å²) < 4.78 is 22.0. The van der Waals surface area contributed by atoms with Gasteiger partial charge in [0.2, 0.25) is 5.78 Å². The first kappa shape index (κ1) is 16.4. The van der Waals surface area contributed by atoms with Crippen molar-refractivity contribution in [2.45, 2.75) is 19.6 Å². The largest absolute Gasteiger partial charge is 0.362 e. The molecule has 10 heteroatoms. The average Bonchev–Trinajstić information content (AvgIpc) is 2.28. The number of thiol groups is 1. The molecule has 17 heavy (non-hydrogen) atoms. The van der Waals surface area contributed by atoms with Crippen molar-refractivity contribution >= 4 is 32.8 Å². The van der Waals surface area contributed by atoms with Gasteiger partial charge in [0.1, 0.15) is 0 Å². The summed E-state index contributed by atoms with van der Waals surface area (Å²) in [5.41, 5.74) is 5.41. The molecule has 0 aliphatic rings. The maximum absolute atomic E-state index is 12.0. The molecule has 0 saturated carbocycles. The fourth-order valence-electron chi connectivity index (χ4n) is 0.855. The highest BCUT2D eigenvalue weighted by atomic mass is 32.1. The summed E-state index contributed by atoms with van der Waals surface area (Å²) in [5.74, 6) is -2.78. The van der Waals surface area contributed by atoms with Gasteiger partial charge in [0.25, 0.3) is 6.41 Å². The number of nitrogens with two attached hydrogens (primary N) is 1. The number of rotatable bonds is 8. The maximum atomic E-state index is 12.0. The Morgan fingerprint density at radius 2 is 1.94 bits per heavy atom. The average molecular weight is 286 g/mol. The molecule has 100 valence electrons. The van der Waals surface area contributed by atoms with E-state index in [9.17, 15) is 14.2 Å². The number of carbonyl (C=O) groups is 2. The van der Waals surface area contributed by atoms with Gasteiger partial charge in [-0.1, -0.05) is 0 Å². The summed E-state index contributed by atoms with van der Waals surface area (Å²) in [7, 11) is -3.81. The molecular weight excluding hydrogens is 271 g/mol. The maximum Gasteiger partial charge on any atom is 0.362 e.